The fourth-order valence-electron chi connectivity index (χ4n) is 8.47. The van der Waals surface area contributed by atoms with E-state index in [2.05, 4.69) is 135 Å². The molecule has 10 heteroatoms. The van der Waals surface area contributed by atoms with Crippen LogP contribution < -0.4 is 10.2 Å². The number of carbonyl (C=O) groups excluding carboxylic acids is 2. The zero-order chi connectivity index (χ0) is 57.9. The van der Waals surface area contributed by atoms with E-state index in [1.807, 2.05) is 33.3 Å². The quantitative estimate of drug-likeness (QED) is 0.0212. The van der Waals surface area contributed by atoms with Gasteiger partial charge in [0.15, 0.2) is 0 Å². The first-order chi connectivity index (χ1) is 38.4. The number of quaternary nitrogens is 1. The Hall–Kier alpha value is -3.59. The van der Waals surface area contributed by atoms with Crippen LogP contribution in [-0.4, -0.2) is 69.4 Å². The van der Waals surface area contributed by atoms with Crippen LogP contribution in [0.2, 0.25) is 0 Å². The van der Waals surface area contributed by atoms with Crippen molar-refractivity contribution in [3.8, 4) is 0 Å². The Balaban J connectivity index is 5.39. The highest BCUT2D eigenvalue weighted by Crippen LogP contribution is 2.38. The van der Waals surface area contributed by atoms with Gasteiger partial charge in [0.25, 0.3) is 7.82 Å². The summed E-state index contributed by atoms with van der Waals surface area (Å²) in [5, 5.41) is 3.01. The van der Waals surface area contributed by atoms with Crippen LogP contribution in [0.25, 0.3) is 0 Å². The van der Waals surface area contributed by atoms with Crippen molar-refractivity contribution in [2.45, 2.75) is 264 Å². The second-order valence-electron chi connectivity index (χ2n) is 22.2. The van der Waals surface area contributed by atoms with Crippen molar-refractivity contribution in [3.05, 3.63) is 122 Å². The molecule has 452 valence electrons. The van der Waals surface area contributed by atoms with Crippen LogP contribution in [-0.2, 0) is 27.9 Å². The van der Waals surface area contributed by atoms with Crippen LogP contribution in [0.3, 0.4) is 0 Å². The van der Waals surface area contributed by atoms with Crippen molar-refractivity contribution in [2.75, 3.05) is 40.9 Å². The molecular weight excluding hydrogens is 1000 g/mol. The van der Waals surface area contributed by atoms with Gasteiger partial charge in [-0.05, 0) is 122 Å². The third-order valence-corrected chi connectivity index (χ3v) is 14.3. The minimum atomic E-state index is -4.72. The van der Waals surface area contributed by atoms with E-state index in [0.717, 1.165) is 122 Å². The summed E-state index contributed by atoms with van der Waals surface area (Å²) in [4.78, 5) is 40.0. The highest BCUT2D eigenvalue weighted by Gasteiger charge is 2.27. The lowest BCUT2D eigenvalue weighted by molar-refractivity contribution is -0.870. The number of allylic oxidation sites excluding steroid dienone is 19. The molecule has 0 radical (unpaired) electrons. The minimum absolute atomic E-state index is 0.0387. The monoisotopic (exact) mass is 1120 g/mol. The normalized spacial score (nSPS) is 14.5. The topological polar surface area (TPSA) is 114 Å². The van der Waals surface area contributed by atoms with Gasteiger partial charge in [-0.15, -0.1) is 0 Å². The lowest BCUT2D eigenvalue weighted by Gasteiger charge is -2.30. The third kappa shape index (κ3) is 58.9. The number of rotatable bonds is 56. The molecule has 0 rings (SSSR count). The summed E-state index contributed by atoms with van der Waals surface area (Å²) in [6.45, 7) is 6.65. The lowest BCUT2D eigenvalue weighted by atomic mass is 10.0. The van der Waals surface area contributed by atoms with Gasteiger partial charge >= 0.3 is 5.97 Å². The smallest absolute Gasteiger partial charge is 0.306 e. The number of nitrogens with zero attached hydrogens (tertiary/aromatic N) is 1. The Kier molecular flexibility index (Phi) is 55.0. The molecule has 3 atom stereocenters. The second-order valence-corrected chi connectivity index (χ2v) is 23.6. The number of ether oxygens (including phenoxy) is 1. The van der Waals surface area contributed by atoms with Gasteiger partial charge in [-0.2, -0.15) is 0 Å². The van der Waals surface area contributed by atoms with Crippen LogP contribution in [0.5, 0.6) is 0 Å². The molecule has 3 unspecified atom stereocenters. The van der Waals surface area contributed by atoms with Crippen LogP contribution >= 0.6 is 7.82 Å². The van der Waals surface area contributed by atoms with Gasteiger partial charge in [0.05, 0.1) is 33.8 Å². The molecule has 9 nitrogen and oxygen atoms in total. The Morgan fingerprint density at radius 2 is 0.810 bits per heavy atom. The standard InChI is InChI=1S/C69H119N2O7P/c1-7-10-13-16-19-22-25-28-30-32-34-35-37-39-41-44-47-50-53-56-59-62-69(73)78-67(60-57-54-51-48-45-42-27-24-21-18-15-12-9-3)66(65-77-79(74,75)76-64-63-71(4,5)6)70-68(72)61-58-55-52-49-46-43-40-38-36-33-31-29-26-23-20-17-14-11-8-2/h10,13,19-20,22-23,28-31,34-36,38-39,41,47,50,57,60,66-67H,7-9,11-12,14-18,21,24-27,32-33,37,40,42-46,48-49,51-56,58-59,61-65H2,1-6H3,(H-,70,72,74,75)/b13-10-,22-19-,23-20-,30-28-,31-29-,35-34-,38-36-,41-39-,50-47-,60-57+. The number of hydrogen-bond donors (Lipinski definition) is 1. The molecule has 1 N–H and O–H groups in total. The van der Waals surface area contributed by atoms with Crippen molar-refractivity contribution < 1.29 is 37.3 Å². The number of phosphoric acid groups is 1. The zero-order valence-corrected chi connectivity index (χ0v) is 52.4. The number of amides is 1. The number of carbonyl (C=O) groups is 2. The fraction of sp³-hybridized carbons (Fsp3) is 0.681. The van der Waals surface area contributed by atoms with Crippen molar-refractivity contribution in [2.24, 2.45) is 0 Å². The second kappa shape index (κ2) is 57.6. The fourth-order valence-corrected chi connectivity index (χ4v) is 9.19. The van der Waals surface area contributed by atoms with E-state index in [9.17, 15) is 19.0 Å². The van der Waals surface area contributed by atoms with Crippen LogP contribution in [0.1, 0.15) is 252 Å². The first-order valence-electron chi connectivity index (χ1n) is 31.8. The van der Waals surface area contributed by atoms with Crippen LogP contribution in [0.15, 0.2) is 122 Å². The maximum atomic E-state index is 13.5. The van der Waals surface area contributed by atoms with E-state index < -0.39 is 26.6 Å². The number of nitrogens with one attached hydrogen (secondary N) is 1. The lowest BCUT2D eigenvalue weighted by Crippen LogP contribution is -2.47. The molecule has 1 amide bonds. The average Bonchev–Trinajstić information content (AvgIpc) is 3.41. The zero-order valence-electron chi connectivity index (χ0n) is 51.5. The molecule has 0 aromatic rings. The molecule has 0 aliphatic heterocycles. The summed E-state index contributed by atoms with van der Waals surface area (Å²) in [6, 6.07) is -0.922. The number of likely N-dealkylation sites (N-methyl/N-ethyl adjacent to an activating group) is 1. The maximum absolute atomic E-state index is 13.5. The van der Waals surface area contributed by atoms with E-state index in [0.29, 0.717) is 23.9 Å². The van der Waals surface area contributed by atoms with Gasteiger partial charge in [0, 0.05) is 12.8 Å². The van der Waals surface area contributed by atoms with Crippen LogP contribution in [0.4, 0.5) is 0 Å². The molecule has 0 bridgehead atoms. The predicted octanol–water partition coefficient (Wildman–Crippen LogP) is 19.3. The van der Waals surface area contributed by atoms with E-state index in [1.165, 1.54) is 83.5 Å². The summed E-state index contributed by atoms with van der Waals surface area (Å²) in [7, 11) is 1.13. The summed E-state index contributed by atoms with van der Waals surface area (Å²) in [5.74, 6) is -0.613. The largest absolute Gasteiger partial charge is 0.756 e. The first kappa shape index (κ1) is 75.4. The molecule has 79 heavy (non-hydrogen) atoms. The van der Waals surface area contributed by atoms with Gasteiger partial charge < -0.3 is 28.5 Å². The molecule has 0 aliphatic rings. The molecule has 0 saturated carbocycles. The Morgan fingerprint density at radius 1 is 0.456 bits per heavy atom. The number of hydrogen-bond acceptors (Lipinski definition) is 7. The highest BCUT2D eigenvalue weighted by atomic mass is 31.2. The molecule has 0 saturated heterocycles. The van der Waals surface area contributed by atoms with Gasteiger partial charge in [0.1, 0.15) is 19.3 Å². The predicted molar refractivity (Wildman–Crippen MR) is 339 cm³/mol. The molecule has 0 heterocycles. The Bertz CT molecular complexity index is 1770. The van der Waals surface area contributed by atoms with Crippen molar-refractivity contribution >= 4 is 19.7 Å². The van der Waals surface area contributed by atoms with Crippen LogP contribution in [0, 0.1) is 0 Å². The van der Waals surface area contributed by atoms with Gasteiger partial charge in [-0.3, -0.25) is 14.2 Å². The number of phosphoric ester groups is 1. The summed E-state index contributed by atoms with van der Waals surface area (Å²) >= 11 is 0. The number of esters is 1. The van der Waals surface area contributed by atoms with Crippen molar-refractivity contribution in [3.63, 3.8) is 0 Å². The Labute approximate surface area is 486 Å². The van der Waals surface area contributed by atoms with Crippen molar-refractivity contribution in [1.29, 1.82) is 0 Å². The molecule has 0 aromatic heterocycles. The summed E-state index contributed by atoms with van der Waals surface area (Å²) < 4.78 is 30.3. The first-order valence-corrected chi connectivity index (χ1v) is 33.3. The number of unbranched alkanes of at least 4 members (excludes halogenated alkanes) is 22. The average molecular weight is 1120 g/mol. The van der Waals surface area contributed by atoms with E-state index in [1.54, 1.807) is 0 Å². The SMILES string of the molecule is CC/C=C\C/C=C\C/C=C\C/C=C\C/C=C\C/C=C\CCCCC(=O)OC(/C=C/CCCCCCCCCCCCC)C(COP(=O)([O-])OCC[N+](C)(C)C)NC(=O)CCCCCCCC/C=C\C/C=C\C/C=C\CCCCC. The molecule has 0 fully saturated rings. The highest BCUT2D eigenvalue weighted by molar-refractivity contribution is 7.45. The third-order valence-electron chi connectivity index (χ3n) is 13.4. The maximum Gasteiger partial charge on any atom is 0.306 e. The van der Waals surface area contributed by atoms with E-state index in [4.69, 9.17) is 13.8 Å². The van der Waals surface area contributed by atoms with Gasteiger partial charge in [-0.25, -0.2) is 0 Å². The van der Waals surface area contributed by atoms with Crippen molar-refractivity contribution in [1.82, 2.24) is 5.32 Å². The minimum Gasteiger partial charge on any atom is -0.756 e. The van der Waals surface area contributed by atoms with Gasteiger partial charge in [-0.1, -0.05) is 239 Å². The Morgan fingerprint density at radius 3 is 1.25 bits per heavy atom. The molecule has 0 spiro atoms. The van der Waals surface area contributed by atoms with Gasteiger partial charge in [0.2, 0.25) is 5.91 Å². The van der Waals surface area contributed by atoms with E-state index in [-0.39, 0.29) is 31.3 Å². The molecule has 0 aromatic carbocycles. The molecular formula is C69H119N2O7P. The summed E-state index contributed by atoms with van der Waals surface area (Å²) in [6.07, 6.45) is 80.2. The molecule has 0 aliphatic carbocycles. The van der Waals surface area contributed by atoms with E-state index >= 15 is 0 Å². The summed E-state index contributed by atoms with van der Waals surface area (Å²) in [5.41, 5.74) is 0.